The number of aliphatic carboxylic acids is 1. The molecule has 1 saturated carbocycles. The molecule has 2 unspecified atom stereocenters. The van der Waals surface area contributed by atoms with Crippen molar-refractivity contribution in [2.45, 2.75) is 43.5 Å². The van der Waals surface area contributed by atoms with Crippen molar-refractivity contribution in [2.24, 2.45) is 0 Å². The van der Waals surface area contributed by atoms with Crippen molar-refractivity contribution in [3.63, 3.8) is 0 Å². The van der Waals surface area contributed by atoms with E-state index in [1.807, 2.05) is 36.0 Å². The zero-order valence-electron chi connectivity index (χ0n) is 11.3. The van der Waals surface area contributed by atoms with Crippen molar-refractivity contribution in [3.05, 3.63) is 35.4 Å². The summed E-state index contributed by atoms with van der Waals surface area (Å²) in [5.74, 6) is -0.778. The molecule has 0 aromatic heterocycles. The number of benzene rings is 1. The first-order valence-corrected chi connectivity index (χ1v) is 8.02. The molecule has 1 aromatic carbocycles. The number of rotatable bonds is 6. The molecule has 0 aliphatic heterocycles. The molecule has 3 nitrogen and oxygen atoms in total. The average Bonchev–Trinajstić information content (AvgIpc) is 2.85. The Morgan fingerprint density at radius 1 is 1.32 bits per heavy atom. The monoisotopic (exact) mass is 279 g/mol. The van der Waals surface area contributed by atoms with Gasteiger partial charge in [0.15, 0.2) is 0 Å². The molecule has 19 heavy (non-hydrogen) atoms. The second kappa shape index (κ2) is 6.96. The third-order valence-electron chi connectivity index (χ3n) is 3.69. The van der Waals surface area contributed by atoms with Crippen LogP contribution in [0.2, 0.25) is 0 Å². The lowest BCUT2D eigenvalue weighted by Crippen LogP contribution is -2.26. The number of nitrogens with one attached hydrogen (secondary N) is 1. The van der Waals surface area contributed by atoms with E-state index in [0.717, 1.165) is 17.4 Å². The van der Waals surface area contributed by atoms with E-state index in [9.17, 15) is 4.79 Å². The summed E-state index contributed by atoms with van der Waals surface area (Å²) in [7, 11) is 0. The molecule has 1 aromatic rings. The van der Waals surface area contributed by atoms with Crippen LogP contribution < -0.4 is 5.32 Å². The quantitative estimate of drug-likeness (QED) is 0.840. The van der Waals surface area contributed by atoms with Crippen LogP contribution in [0.4, 0.5) is 0 Å². The fraction of sp³-hybridized carbons (Fsp3) is 0.533. The van der Waals surface area contributed by atoms with Crippen molar-refractivity contribution in [3.8, 4) is 0 Å². The number of carboxylic acid groups (broad SMARTS) is 1. The molecule has 0 bridgehead atoms. The largest absolute Gasteiger partial charge is 0.481 e. The molecular weight excluding hydrogens is 258 g/mol. The van der Waals surface area contributed by atoms with Crippen molar-refractivity contribution < 1.29 is 9.90 Å². The average molecular weight is 279 g/mol. The Bertz CT molecular complexity index is 419. The van der Waals surface area contributed by atoms with E-state index in [1.54, 1.807) is 0 Å². The molecular formula is C15H21NO2S. The molecule has 0 spiro atoms. The fourth-order valence-corrected chi connectivity index (χ4v) is 3.35. The topological polar surface area (TPSA) is 49.3 Å². The van der Waals surface area contributed by atoms with Gasteiger partial charge in [-0.1, -0.05) is 24.3 Å². The van der Waals surface area contributed by atoms with E-state index in [-0.39, 0.29) is 6.42 Å². The Balaban J connectivity index is 1.78. The number of carbonyl (C=O) groups is 1. The van der Waals surface area contributed by atoms with E-state index < -0.39 is 5.97 Å². The van der Waals surface area contributed by atoms with Gasteiger partial charge >= 0.3 is 5.97 Å². The highest BCUT2D eigenvalue weighted by Crippen LogP contribution is 2.28. The first-order valence-electron chi connectivity index (χ1n) is 6.73. The molecule has 0 radical (unpaired) electrons. The highest BCUT2D eigenvalue weighted by molar-refractivity contribution is 7.99. The molecule has 0 heterocycles. The zero-order valence-corrected chi connectivity index (χ0v) is 12.1. The Hall–Kier alpha value is -1.00. The van der Waals surface area contributed by atoms with Crippen molar-refractivity contribution in [1.29, 1.82) is 0 Å². The lowest BCUT2D eigenvalue weighted by Gasteiger charge is -2.13. The summed E-state index contributed by atoms with van der Waals surface area (Å²) in [5.41, 5.74) is 2.08. The summed E-state index contributed by atoms with van der Waals surface area (Å²) in [6.45, 7) is 0.874. The Kier molecular flexibility index (Phi) is 5.28. The van der Waals surface area contributed by atoms with Crippen LogP contribution in [0, 0.1) is 0 Å². The molecule has 2 rings (SSSR count). The van der Waals surface area contributed by atoms with Crippen LogP contribution in [0.15, 0.2) is 24.3 Å². The molecule has 4 heteroatoms. The van der Waals surface area contributed by atoms with Crippen molar-refractivity contribution >= 4 is 17.7 Å². The summed E-state index contributed by atoms with van der Waals surface area (Å²) in [4.78, 5) is 10.6. The molecule has 0 amide bonds. The fourth-order valence-electron chi connectivity index (χ4n) is 2.55. The minimum Gasteiger partial charge on any atom is -0.481 e. The van der Waals surface area contributed by atoms with Gasteiger partial charge in [0.2, 0.25) is 0 Å². The molecule has 1 aliphatic carbocycles. The molecule has 1 aliphatic rings. The Labute approximate surface area is 118 Å². The van der Waals surface area contributed by atoms with Crippen molar-refractivity contribution in [1.82, 2.24) is 5.32 Å². The SMILES string of the molecule is CSC1CCC(NCc2ccc(CC(=O)O)cc2)C1. The van der Waals surface area contributed by atoms with E-state index in [0.29, 0.717) is 6.04 Å². The summed E-state index contributed by atoms with van der Waals surface area (Å²) in [5, 5.41) is 13.1. The normalized spacial score (nSPS) is 22.6. The third-order valence-corrected chi connectivity index (χ3v) is 4.79. The lowest BCUT2D eigenvalue weighted by molar-refractivity contribution is -0.136. The highest BCUT2D eigenvalue weighted by atomic mass is 32.2. The molecule has 104 valence electrons. The summed E-state index contributed by atoms with van der Waals surface area (Å²) in [6, 6.07) is 8.49. The molecule has 0 saturated heterocycles. The molecule has 1 fully saturated rings. The predicted octanol–water partition coefficient (Wildman–Crippen LogP) is 2.69. The van der Waals surface area contributed by atoms with Crippen molar-refractivity contribution in [2.75, 3.05) is 6.26 Å². The molecule has 2 N–H and O–H groups in total. The number of thioether (sulfide) groups is 1. The Morgan fingerprint density at radius 2 is 2.00 bits per heavy atom. The van der Waals surface area contributed by atoms with Gasteiger partial charge in [-0.05, 0) is 36.6 Å². The van der Waals surface area contributed by atoms with Gasteiger partial charge in [0.25, 0.3) is 0 Å². The first kappa shape index (κ1) is 14.4. The number of carboxylic acids is 1. The van der Waals surface area contributed by atoms with Gasteiger partial charge in [-0.3, -0.25) is 4.79 Å². The maximum Gasteiger partial charge on any atom is 0.307 e. The second-order valence-electron chi connectivity index (χ2n) is 5.14. The standard InChI is InChI=1S/C15H21NO2S/c1-19-14-7-6-13(9-14)16-10-12-4-2-11(3-5-12)8-15(17)18/h2-5,13-14,16H,6-10H2,1H3,(H,17,18). The third kappa shape index (κ3) is 4.55. The summed E-state index contributed by atoms with van der Waals surface area (Å²) in [6.07, 6.45) is 6.14. The minimum absolute atomic E-state index is 0.103. The van der Waals surface area contributed by atoms with Crippen LogP contribution in [0.1, 0.15) is 30.4 Å². The zero-order chi connectivity index (χ0) is 13.7. The minimum atomic E-state index is -0.778. The van der Waals surface area contributed by atoms with Gasteiger partial charge in [0, 0.05) is 17.8 Å². The van der Waals surface area contributed by atoms with E-state index in [2.05, 4.69) is 11.6 Å². The van der Waals surface area contributed by atoms with Gasteiger partial charge in [0.1, 0.15) is 0 Å². The maximum absolute atomic E-state index is 10.6. The predicted molar refractivity (Wildman–Crippen MR) is 79.6 cm³/mol. The van der Waals surface area contributed by atoms with E-state index in [4.69, 9.17) is 5.11 Å². The first-order chi connectivity index (χ1) is 9.17. The molecule has 2 atom stereocenters. The van der Waals surface area contributed by atoms with Gasteiger partial charge in [-0.2, -0.15) is 11.8 Å². The van der Waals surface area contributed by atoms with Crippen LogP contribution in [0.5, 0.6) is 0 Å². The number of hydrogen-bond acceptors (Lipinski definition) is 3. The number of hydrogen-bond donors (Lipinski definition) is 2. The van der Waals surface area contributed by atoms with Gasteiger partial charge in [0.05, 0.1) is 6.42 Å². The van der Waals surface area contributed by atoms with Crippen LogP contribution in [0.3, 0.4) is 0 Å². The highest BCUT2D eigenvalue weighted by Gasteiger charge is 2.23. The van der Waals surface area contributed by atoms with Gasteiger partial charge in [-0.15, -0.1) is 0 Å². The van der Waals surface area contributed by atoms with Crippen LogP contribution in [-0.2, 0) is 17.8 Å². The second-order valence-corrected chi connectivity index (χ2v) is 6.27. The maximum atomic E-state index is 10.6. The van der Waals surface area contributed by atoms with E-state index in [1.165, 1.54) is 24.8 Å². The van der Waals surface area contributed by atoms with E-state index >= 15 is 0 Å². The Morgan fingerprint density at radius 3 is 2.58 bits per heavy atom. The smallest absolute Gasteiger partial charge is 0.307 e. The van der Waals surface area contributed by atoms with Crippen LogP contribution >= 0.6 is 11.8 Å². The lowest BCUT2D eigenvalue weighted by atomic mass is 10.1. The van der Waals surface area contributed by atoms with Gasteiger partial charge in [-0.25, -0.2) is 0 Å². The summed E-state index contributed by atoms with van der Waals surface area (Å²) >= 11 is 1.97. The van der Waals surface area contributed by atoms with Gasteiger partial charge < -0.3 is 10.4 Å². The van der Waals surface area contributed by atoms with Crippen LogP contribution in [0.25, 0.3) is 0 Å². The van der Waals surface area contributed by atoms with Crippen LogP contribution in [-0.4, -0.2) is 28.6 Å². The summed E-state index contributed by atoms with van der Waals surface area (Å²) < 4.78 is 0.